The zero-order valence-electron chi connectivity index (χ0n) is 10.5. The number of hydrazine groups is 1. The van der Waals surface area contributed by atoms with Crippen LogP contribution < -0.4 is 17.0 Å². The van der Waals surface area contributed by atoms with Crippen LogP contribution in [-0.4, -0.2) is 10.9 Å². The molecule has 0 bridgehead atoms. The normalized spacial score (nSPS) is 10.3. The number of hydrogen-bond donors (Lipinski definition) is 3. The zero-order chi connectivity index (χ0) is 14.5. The van der Waals surface area contributed by atoms with Gasteiger partial charge in [-0.15, -0.1) is 11.8 Å². The van der Waals surface area contributed by atoms with Gasteiger partial charge in [0.1, 0.15) is 11.5 Å². The van der Waals surface area contributed by atoms with E-state index in [0.29, 0.717) is 11.4 Å². The summed E-state index contributed by atoms with van der Waals surface area (Å²) in [5, 5.41) is 0. The summed E-state index contributed by atoms with van der Waals surface area (Å²) in [6.45, 7) is 0. The van der Waals surface area contributed by atoms with E-state index in [0.717, 1.165) is 4.90 Å². The van der Waals surface area contributed by atoms with Crippen molar-refractivity contribution < 1.29 is 9.18 Å². The molecule has 5 nitrogen and oxygen atoms in total. The van der Waals surface area contributed by atoms with Crippen molar-refractivity contribution in [2.75, 3.05) is 5.73 Å². The predicted octanol–water partition coefficient (Wildman–Crippen LogP) is 1.70. The van der Waals surface area contributed by atoms with E-state index < -0.39 is 11.7 Å². The molecule has 5 N–H and O–H groups in total. The average Bonchev–Trinajstić information content (AvgIpc) is 2.48. The number of thioether (sulfide) groups is 1. The third kappa shape index (κ3) is 3.46. The van der Waals surface area contributed by atoms with Gasteiger partial charge in [0.05, 0.1) is 11.4 Å². The van der Waals surface area contributed by atoms with Crippen molar-refractivity contribution in [3.8, 4) is 0 Å². The van der Waals surface area contributed by atoms with Gasteiger partial charge in [-0.3, -0.25) is 10.2 Å². The molecule has 0 atom stereocenters. The lowest BCUT2D eigenvalue weighted by atomic mass is 10.3. The lowest BCUT2D eigenvalue weighted by Gasteiger charge is -2.05. The van der Waals surface area contributed by atoms with Crippen LogP contribution in [0.3, 0.4) is 0 Å². The first-order chi connectivity index (χ1) is 9.60. The number of aromatic nitrogens is 1. The molecule has 0 unspecified atom stereocenters. The van der Waals surface area contributed by atoms with Gasteiger partial charge in [0.15, 0.2) is 0 Å². The Morgan fingerprint density at radius 2 is 2.15 bits per heavy atom. The Kier molecular flexibility index (Phi) is 4.54. The summed E-state index contributed by atoms with van der Waals surface area (Å²) < 4.78 is 13.3. The van der Waals surface area contributed by atoms with Crippen LogP contribution in [0.15, 0.2) is 41.3 Å². The number of halogens is 1. The standard InChI is InChI=1S/C13H13FN4OS/c14-10-6-9(4-5-11(10)15)20-7-8-2-1-3-12(17-8)13(19)18-16/h1-6H,7,15-16H2,(H,18,19). The zero-order valence-corrected chi connectivity index (χ0v) is 11.3. The van der Waals surface area contributed by atoms with Crippen LogP contribution in [0.5, 0.6) is 0 Å². The van der Waals surface area contributed by atoms with Gasteiger partial charge in [-0.2, -0.15) is 0 Å². The highest BCUT2D eigenvalue weighted by atomic mass is 32.2. The quantitative estimate of drug-likeness (QED) is 0.262. The van der Waals surface area contributed by atoms with Crippen molar-refractivity contribution in [1.82, 2.24) is 10.4 Å². The second-order valence-corrected chi connectivity index (χ2v) is 5.01. The molecule has 1 aromatic carbocycles. The molecule has 0 saturated heterocycles. The van der Waals surface area contributed by atoms with Gasteiger partial charge in [0.2, 0.25) is 0 Å². The monoisotopic (exact) mass is 292 g/mol. The molecule has 1 amide bonds. The summed E-state index contributed by atoms with van der Waals surface area (Å²) in [6, 6.07) is 9.70. The van der Waals surface area contributed by atoms with E-state index in [1.807, 2.05) is 5.43 Å². The van der Waals surface area contributed by atoms with Gasteiger partial charge in [-0.25, -0.2) is 15.2 Å². The fourth-order valence-electron chi connectivity index (χ4n) is 1.52. The molecule has 0 spiro atoms. The summed E-state index contributed by atoms with van der Waals surface area (Å²) in [6.07, 6.45) is 0. The molecular formula is C13H13FN4OS. The fraction of sp³-hybridized carbons (Fsp3) is 0.0769. The third-order valence-corrected chi connectivity index (χ3v) is 3.56. The molecule has 7 heteroatoms. The minimum atomic E-state index is -0.449. The molecule has 0 saturated carbocycles. The van der Waals surface area contributed by atoms with Crippen LogP contribution in [0.25, 0.3) is 0 Å². The minimum absolute atomic E-state index is 0.120. The number of hydrogen-bond acceptors (Lipinski definition) is 5. The van der Waals surface area contributed by atoms with Crippen molar-refractivity contribution in [3.63, 3.8) is 0 Å². The van der Waals surface area contributed by atoms with Gasteiger partial charge in [0.25, 0.3) is 5.91 Å². The smallest absolute Gasteiger partial charge is 0.283 e. The molecule has 2 aromatic rings. The molecule has 104 valence electrons. The molecule has 20 heavy (non-hydrogen) atoms. The summed E-state index contributed by atoms with van der Waals surface area (Å²) in [5.74, 6) is 4.67. The van der Waals surface area contributed by atoms with Crippen LogP contribution in [0.2, 0.25) is 0 Å². The molecule has 0 radical (unpaired) electrons. The molecule has 0 fully saturated rings. The van der Waals surface area contributed by atoms with Gasteiger partial charge < -0.3 is 5.73 Å². The molecule has 1 aromatic heterocycles. The first-order valence-corrected chi connectivity index (χ1v) is 6.73. The van der Waals surface area contributed by atoms with Gasteiger partial charge >= 0.3 is 0 Å². The summed E-state index contributed by atoms with van der Waals surface area (Å²) >= 11 is 1.40. The number of pyridine rings is 1. The number of nitrogens with two attached hydrogens (primary N) is 2. The molecule has 0 aliphatic heterocycles. The maximum absolute atomic E-state index is 13.3. The van der Waals surface area contributed by atoms with Crippen molar-refractivity contribution in [2.24, 2.45) is 5.84 Å². The van der Waals surface area contributed by atoms with Gasteiger partial charge in [0, 0.05) is 10.6 Å². The number of nitrogen functional groups attached to an aromatic ring is 2. The highest BCUT2D eigenvalue weighted by Gasteiger charge is 2.07. The van der Waals surface area contributed by atoms with E-state index >= 15 is 0 Å². The maximum Gasteiger partial charge on any atom is 0.283 e. The summed E-state index contributed by atoms with van der Waals surface area (Å²) in [7, 11) is 0. The number of benzene rings is 1. The van der Waals surface area contributed by atoms with Gasteiger partial charge in [-0.1, -0.05) is 6.07 Å². The lowest BCUT2D eigenvalue weighted by molar-refractivity contribution is 0.0948. The molecule has 0 aliphatic rings. The van der Waals surface area contributed by atoms with E-state index in [1.165, 1.54) is 23.9 Å². The van der Waals surface area contributed by atoms with Crippen LogP contribution in [0, 0.1) is 5.82 Å². The number of carbonyl (C=O) groups is 1. The van der Waals surface area contributed by atoms with Gasteiger partial charge in [-0.05, 0) is 30.3 Å². The Balaban J connectivity index is 2.07. The van der Waals surface area contributed by atoms with E-state index in [4.69, 9.17) is 11.6 Å². The fourth-order valence-corrected chi connectivity index (χ4v) is 2.34. The van der Waals surface area contributed by atoms with Crippen LogP contribution >= 0.6 is 11.8 Å². The Bertz CT molecular complexity index is 636. The van der Waals surface area contributed by atoms with E-state index in [2.05, 4.69) is 4.98 Å². The maximum atomic E-state index is 13.3. The third-order valence-electron chi connectivity index (χ3n) is 2.53. The average molecular weight is 292 g/mol. The van der Waals surface area contributed by atoms with Crippen molar-refractivity contribution >= 4 is 23.4 Å². The number of carbonyl (C=O) groups excluding carboxylic acids is 1. The topological polar surface area (TPSA) is 94.0 Å². The largest absolute Gasteiger partial charge is 0.396 e. The highest BCUT2D eigenvalue weighted by molar-refractivity contribution is 7.98. The Hall–Kier alpha value is -2.12. The minimum Gasteiger partial charge on any atom is -0.396 e. The second kappa shape index (κ2) is 6.36. The van der Waals surface area contributed by atoms with E-state index in [-0.39, 0.29) is 11.4 Å². The SMILES string of the molecule is NNC(=O)c1cccc(CSc2ccc(N)c(F)c2)n1. The summed E-state index contributed by atoms with van der Waals surface area (Å²) in [4.78, 5) is 16.3. The summed E-state index contributed by atoms with van der Waals surface area (Å²) in [5.41, 5.74) is 8.50. The lowest BCUT2D eigenvalue weighted by Crippen LogP contribution is -2.30. The Morgan fingerprint density at radius 1 is 1.35 bits per heavy atom. The number of rotatable bonds is 4. The Morgan fingerprint density at radius 3 is 2.85 bits per heavy atom. The van der Waals surface area contributed by atoms with Crippen LogP contribution in [-0.2, 0) is 5.75 Å². The first kappa shape index (κ1) is 14.3. The Labute approximate surface area is 119 Å². The predicted molar refractivity (Wildman–Crippen MR) is 76.3 cm³/mol. The number of anilines is 1. The molecule has 1 heterocycles. The van der Waals surface area contributed by atoms with Crippen molar-refractivity contribution in [1.29, 1.82) is 0 Å². The molecule has 0 aliphatic carbocycles. The van der Waals surface area contributed by atoms with Crippen molar-refractivity contribution in [3.05, 3.63) is 53.6 Å². The second-order valence-electron chi connectivity index (χ2n) is 3.96. The number of nitrogens with zero attached hydrogens (tertiary/aromatic N) is 1. The molecule has 2 rings (SSSR count). The van der Waals surface area contributed by atoms with Crippen LogP contribution in [0.4, 0.5) is 10.1 Å². The molecular weight excluding hydrogens is 279 g/mol. The van der Waals surface area contributed by atoms with Crippen molar-refractivity contribution in [2.45, 2.75) is 10.6 Å². The number of nitrogens with one attached hydrogen (secondary N) is 1. The highest BCUT2D eigenvalue weighted by Crippen LogP contribution is 2.24. The number of amides is 1. The first-order valence-electron chi connectivity index (χ1n) is 5.75. The van der Waals surface area contributed by atoms with E-state index in [1.54, 1.807) is 24.3 Å². The van der Waals surface area contributed by atoms with Crippen LogP contribution in [0.1, 0.15) is 16.2 Å². The van der Waals surface area contributed by atoms with E-state index in [9.17, 15) is 9.18 Å².